The first-order valence-corrected chi connectivity index (χ1v) is 6.59. The molecule has 0 N–H and O–H groups in total. The maximum atomic E-state index is 12.1. The van der Waals surface area contributed by atoms with Crippen molar-refractivity contribution in [3.8, 4) is 0 Å². The molecule has 8 nitrogen and oxygen atoms in total. The normalized spacial score (nSPS) is 11.5. The van der Waals surface area contributed by atoms with Gasteiger partial charge in [0.15, 0.2) is 0 Å². The Bertz CT molecular complexity index is 760. The van der Waals surface area contributed by atoms with E-state index in [9.17, 15) is 25.0 Å². The molecule has 8 heteroatoms. The molecule has 0 bridgehead atoms. The van der Waals surface area contributed by atoms with Crippen molar-refractivity contribution in [2.24, 2.45) is 0 Å². The summed E-state index contributed by atoms with van der Waals surface area (Å²) in [5.74, 6) is -0.914. The van der Waals surface area contributed by atoms with Crippen LogP contribution in [0, 0.1) is 20.2 Å². The number of nitro benzene ring substituents is 2. The second kappa shape index (κ2) is 6.65. The zero-order valence-electron chi connectivity index (χ0n) is 12.0. The first kappa shape index (κ1) is 16.1. The lowest BCUT2D eigenvalue weighted by Gasteiger charge is -2.13. The molecule has 23 heavy (non-hydrogen) atoms. The van der Waals surface area contributed by atoms with E-state index in [1.165, 1.54) is 0 Å². The minimum atomic E-state index is -0.914. The Morgan fingerprint density at radius 1 is 1.04 bits per heavy atom. The van der Waals surface area contributed by atoms with Crippen molar-refractivity contribution < 1.29 is 19.4 Å². The third-order valence-corrected chi connectivity index (χ3v) is 3.16. The molecule has 2 rings (SSSR count). The van der Waals surface area contributed by atoms with Gasteiger partial charge in [0.1, 0.15) is 11.7 Å². The summed E-state index contributed by atoms with van der Waals surface area (Å²) >= 11 is 0. The Balaban J connectivity index is 2.28. The van der Waals surface area contributed by atoms with E-state index < -0.39 is 33.3 Å². The number of ether oxygens (including phenoxy) is 1. The van der Waals surface area contributed by atoms with E-state index in [2.05, 4.69) is 0 Å². The monoisotopic (exact) mass is 316 g/mol. The summed E-state index contributed by atoms with van der Waals surface area (Å²) in [7, 11) is 0. The van der Waals surface area contributed by atoms with E-state index in [-0.39, 0.29) is 5.56 Å². The highest BCUT2D eigenvalue weighted by molar-refractivity contribution is 5.94. The molecule has 0 saturated carbocycles. The molecule has 0 unspecified atom stereocenters. The summed E-state index contributed by atoms with van der Waals surface area (Å²) < 4.78 is 5.20. The fourth-order valence-electron chi connectivity index (χ4n) is 1.97. The fourth-order valence-corrected chi connectivity index (χ4v) is 1.97. The van der Waals surface area contributed by atoms with Gasteiger partial charge in [0.25, 0.3) is 11.4 Å². The number of hydrogen-bond acceptors (Lipinski definition) is 6. The first-order valence-electron chi connectivity index (χ1n) is 6.59. The summed E-state index contributed by atoms with van der Waals surface area (Å²) in [6.07, 6.45) is -0.613. The van der Waals surface area contributed by atoms with Gasteiger partial charge >= 0.3 is 5.97 Å². The molecule has 2 aromatic rings. The van der Waals surface area contributed by atoms with Crippen LogP contribution in [0.1, 0.15) is 28.9 Å². The Kier molecular flexibility index (Phi) is 4.65. The van der Waals surface area contributed by atoms with Gasteiger partial charge in [-0.3, -0.25) is 20.2 Å². The van der Waals surface area contributed by atoms with Crippen LogP contribution in [0.25, 0.3) is 0 Å². The van der Waals surface area contributed by atoms with Gasteiger partial charge in [0, 0.05) is 6.07 Å². The molecular weight excluding hydrogens is 304 g/mol. The van der Waals surface area contributed by atoms with Crippen molar-refractivity contribution in [3.05, 3.63) is 79.9 Å². The smallest absolute Gasteiger partial charge is 0.345 e. The lowest BCUT2D eigenvalue weighted by Crippen LogP contribution is -2.11. The Morgan fingerprint density at radius 2 is 1.70 bits per heavy atom. The molecule has 0 amide bonds. The molecule has 0 radical (unpaired) electrons. The second-order valence-electron chi connectivity index (χ2n) is 4.67. The molecule has 118 valence electrons. The van der Waals surface area contributed by atoms with Gasteiger partial charge < -0.3 is 4.74 Å². The Labute approximate surface area is 130 Å². The van der Waals surface area contributed by atoms with Crippen LogP contribution < -0.4 is 0 Å². The molecule has 1 atom stereocenters. The molecule has 0 fully saturated rings. The lowest BCUT2D eigenvalue weighted by atomic mass is 10.1. The van der Waals surface area contributed by atoms with Crippen molar-refractivity contribution in [2.75, 3.05) is 0 Å². The number of benzene rings is 2. The maximum absolute atomic E-state index is 12.1. The van der Waals surface area contributed by atoms with Crippen molar-refractivity contribution in [1.29, 1.82) is 0 Å². The predicted molar refractivity (Wildman–Crippen MR) is 80.0 cm³/mol. The van der Waals surface area contributed by atoms with Gasteiger partial charge in [-0.2, -0.15) is 0 Å². The lowest BCUT2D eigenvalue weighted by molar-refractivity contribution is -0.394. The largest absolute Gasteiger partial charge is 0.454 e. The minimum absolute atomic E-state index is 0.330. The molecular formula is C15H12N2O6. The Hall–Kier alpha value is -3.29. The highest BCUT2D eigenvalue weighted by atomic mass is 16.6. The molecule has 0 aliphatic heterocycles. The summed E-state index contributed by atoms with van der Waals surface area (Å²) in [4.78, 5) is 32.2. The standard InChI is InChI=1S/C15H12N2O6/c1-10(11-5-3-2-4-6-11)23-15(18)13-8-7-12(16(19)20)9-14(13)17(21)22/h2-10H,1H3/t10-/m1/s1. The van der Waals surface area contributed by atoms with Crippen LogP contribution in [0.2, 0.25) is 0 Å². The summed E-state index contributed by atoms with van der Waals surface area (Å²) in [5, 5.41) is 21.7. The average Bonchev–Trinajstić information content (AvgIpc) is 2.54. The van der Waals surface area contributed by atoms with Gasteiger partial charge in [-0.1, -0.05) is 30.3 Å². The van der Waals surface area contributed by atoms with E-state index >= 15 is 0 Å². The molecule has 0 heterocycles. The maximum Gasteiger partial charge on any atom is 0.345 e. The molecule has 0 aliphatic carbocycles. The van der Waals surface area contributed by atoms with E-state index in [1.807, 2.05) is 0 Å². The second-order valence-corrected chi connectivity index (χ2v) is 4.67. The van der Waals surface area contributed by atoms with Crippen LogP contribution in [0.15, 0.2) is 48.5 Å². The summed E-state index contributed by atoms with van der Waals surface area (Å²) in [6, 6.07) is 11.6. The van der Waals surface area contributed by atoms with Crippen LogP contribution in [-0.4, -0.2) is 15.8 Å². The van der Waals surface area contributed by atoms with Crippen LogP contribution in [0.4, 0.5) is 11.4 Å². The topological polar surface area (TPSA) is 113 Å². The van der Waals surface area contributed by atoms with Crippen LogP contribution in [0.3, 0.4) is 0 Å². The van der Waals surface area contributed by atoms with E-state index in [0.717, 1.165) is 23.8 Å². The number of rotatable bonds is 5. The first-order chi connectivity index (χ1) is 10.9. The number of nitro groups is 2. The third-order valence-electron chi connectivity index (χ3n) is 3.16. The van der Waals surface area contributed by atoms with Crippen molar-refractivity contribution in [3.63, 3.8) is 0 Å². The van der Waals surface area contributed by atoms with E-state index in [1.54, 1.807) is 37.3 Å². The predicted octanol–water partition coefficient (Wildman–Crippen LogP) is 3.42. The molecule has 0 aliphatic rings. The summed E-state index contributed by atoms with van der Waals surface area (Å²) in [6.45, 7) is 1.63. The molecule has 2 aromatic carbocycles. The highest BCUT2D eigenvalue weighted by Gasteiger charge is 2.26. The van der Waals surface area contributed by atoms with E-state index in [4.69, 9.17) is 4.74 Å². The van der Waals surface area contributed by atoms with Crippen molar-refractivity contribution >= 4 is 17.3 Å². The van der Waals surface area contributed by atoms with Gasteiger partial charge in [-0.15, -0.1) is 0 Å². The number of esters is 1. The van der Waals surface area contributed by atoms with Crippen LogP contribution >= 0.6 is 0 Å². The van der Waals surface area contributed by atoms with Crippen molar-refractivity contribution in [1.82, 2.24) is 0 Å². The average molecular weight is 316 g/mol. The summed E-state index contributed by atoms with van der Waals surface area (Å²) in [5.41, 5.74) is -0.734. The Morgan fingerprint density at radius 3 is 2.26 bits per heavy atom. The van der Waals surface area contributed by atoms with Gasteiger partial charge in [0.2, 0.25) is 0 Å². The fraction of sp³-hybridized carbons (Fsp3) is 0.133. The number of hydrogen-bond donors (Lipinski definition) is 0. The van der Waals surface area contributed by atoms with E-state index in [0.29, 0.717) is 0 Å². The highest BCUT2D eigenvalue weighted by Crippen LogP contribution is 2.27. The number of nitrogens with zero attached hydrogens (tertiary/aromatic N) is 2. The molecule has 0 saturated heterocycles. The number of carbonyl (C=O) groups is 1. The molecule has 0 spiro atoms. The zero-order valence-corrected chi connectivity index (χ0v) is 12.0. The third kappa shape index (κ3) is 3.67. The quantitative estimate of drug-likeness (QED) is 0.474. The minimum Gasteiger partial charge on any atom is -0.454 e. The number of non-ortho nitro benzene ring substituents is 1. The van der Waals surface area contributed by atoms with Crippen LogP contribution in [0.5, 0.6) is 0 Å². The van der Waals surface area contributed by atoms with Gasteiger partial charge in [-0.25, -0.2) is 4.79 Å². The number of carbonyl (C=O) groups excluding carboxylic acids is 1. The van der Waals surface area contributed by atoms with Gasteiger partial charge in [-0.05, 0) is 18.6 Å². The molecule has 0 aromatic heterocycles. The SMILES string of the molecule is C[C@@H](OC(=O)c1ccc([N+](=O)[O-])cc1[N+](=O)[O-])c1ccccc1. The zero-order chi connectivity index (χ0) is 17.0. The van der Waals surface area contributed by atoms with Crippen molar-refractivity contribution in [2.45, 2.75) is 13.0 Å². The van der Waals surface area contributed by atoms with Crippen LogP contribution in [-0.2, 0) is 4.74 Å². The van der Waals surface area contributed by atoms with Gasteiger partial charge in [0.05, 0.1) is 15.9 Å².